The maximum Gasteiger partial charge on any atom is 0.410 e. The molecule has 1 amide bonds. The van der Waals surface area contributed by atoms with Crippen molar-refractivity contribution in [3.63, 3.8) is 0 Å². The summed E-state index contributed by atoms with van der Waals surface area (Å²) in [6.07, 6.45) is 3.03. The minimum Gasteiger partial charge on any atom is -0.444 e. The average molecular weight is 481 g/mol. The fourth-order valence-corrected chi connectivity index (χ4v) is 5.23. The lowest BCUT2D eigenvalue weighted by molar-refractivity contribution is -0.117. The molecule has 0 radical (unpaired) electrons. The van der Waals surface area contributed by atoms with E-state index in [1.807, 2.05) is 20.8 Å². The van der Waals surface area contributed by atoms with E-state index in [0.29, 0.717) is 27.7 Å². The van der Waals surface area contributed by atoms with E-state index in [2.05, 4.69) is 0 Å². The number of nitrogens with two attached hydrogens (primary N) is 1. The van der Waals surface area contributed by atoms with Gasteiger partial charge in [-0.25, -0.2) is 4.79 Å². The van der Waals surface area contributed by atoms with Crippen LogP contribution in [0.5, 0.6) is 0 Å². The van der Waals surface area contributed by atoms with E-state index in [0.717, 1.165) is 25.7 Å². The second-order valence-corrected chi connectivity index (χ2v) is 10.8. The van der Waals surface area contributed by atoms with Crippen molar-refractivity contribution in [1.82, 2.24) is 4.90 Å². The van der Waals surface area contributed by atoms with Gasteiger partial charge in [-0.15, -0.1) is 0 Å². The number of rotatable bonds is 6. The number of ether oxygens (including phenoxy) is 2. The number of nitrogens with zero attached hydrogens (tertiary/aromatic N) is 1. The summed E-state index contributed by atoms with van der Waals surface area (Å²) in [5, 5.41) is 0.813. The van der Waals surface area contributed by atoms with Gasteiger partial charge in [0.1, 0.15) is 5.60 Å². The third-order valence-electron chi connectivity index (χ3n) is 6.35. The zero-order valence-corrected chi connectivity index (χ0v) is 20.2. The van der Waals surface area contributed by atoms with Crippen molar-refractivity contribution < 1.29 is 19.1 Å². The summed E-state index contributed by atoms with van der Waals surface area (Å²) in [6, 6.07) is 5.25. The second kappa shape index (κ2) is 8.88. The Kier molecular flexibility index (Phi) is 6.49. The molecule has 3 atom stereocenters. The molecule has 1 heterocycles. The fourth-order valence-electron chi connectivity index (χ4n) is 4.62. The predicted octanol–water partition coefficient (Wildman–Crippen LogP) is 5.06. The highest BCUT2D eigenvalue weighted by Crippen LogP contribution is 2.41. The molecular formula is C24H30Cl2N2O4. The molecule has 3 aliphatic rings. The van der Waals surface area contributed by atoms with Crippen LogP contribution in [-0.4, -0.2) is 47.7 Å². The number of hydrogen-bond donors (Lipinski definition) is 1. The number of halogens is 2. The number of carbonyl (C=O) groups is 2. The minimum atomic E-state index is -0.519. The molecule has 2 saturated carbocycles. The smallest absolute Gasteiger partial charge is 0.410 e. The second-order valence-electron chi connectivity index (χ2n) is 9.99. The van der Waals surface area contributed by atoms with Crippen molar-refractivity contribution in [3.05, 3.63) is 39.4 Å². The van der Waals surface area contributed by atoms with Gasteiger partial charge in [0.05, 0.1) is 28.5 Å². The predicted molar refractivity (Wildman–Crippen MR) is 124 cm³/mol. The highest BCUT2D eigenvalue weighted by molar-refractivity contribution is 6.37. The molecule has 0 spiro atoms. The maximum absolute atomic E-state index is 13.0. The third-order valence-corrected chi connectivity index (χ3v) is 6.98. The SMILES string of the molecule is CC(C)(C)OC(=O)N1CC2CC1CC2OCC(C(=O)C1CC1)=C(N)c1c(Cl)cccc1Cl. The summed E-state index contributed by atoms with van der Waals surface area (Å²) in [7, 11) is 0. The van der Waals surface area contributed by atoms with Crippen molar-refractivity contribution in [2.75, 3.05) is 13.2 Å². The number of amides is 1. The van der Waals surface area contributed by atoms with Crippen LogP contribution in [0.3, 0.4) is 0 Å². The number of likely N-dealkylation sites (tertiary alicyclic amines) is 1. The summed E-state index contributed by atoms with van der Waals surface area (Å²) >= 11 is 12.7. The quantitative estimate of drug-likeness (QED) is 0.575. The topological polar surface area (TPSA) is 81.9 Å². The third kappa shape index (κ3) is 4.92. The highest BCUT2D eigenvalue weighted by Gasteiger charge is 2.48. The molecule has 1 aliphatic heterocycles. The van der Waals surface area contributed by atoms with Crippen LogP contribution >= 0.6 is 23.2 Å². The largest absolute Gasteiger partial charge is 0.444 e. The molecule has 3 unspecified atom stereocenters. The first kappa shape index (κ1) is 23.4. The van der Waals surface area contributed by atoms with Crippen molar-refractivity contribution in [3.8, 4) is 0 Å². The number of Topliss-reactive ketones (excluding diaryl/α,β-unsaturated/α-hetero) is 1. The summed E-state index contributed by atoms with van der Waals surface area (Å²) in [5.74, 6) is 0.225. The van der Waals surface area contributed by atoms with Crippen LogP contribution in [0.2, 0.25) is 10.0 Å². The molecule has 2 N–H and O–H groups in total. The zero-order valence-electron chi connectivity index (χ0n) is 18.7. The van der Waals surface area contributed by atoms with E-state index in [1.165, 1.54) is 0 Å². The van der Waals surface area contributed by atoms with E-state index in [9.17, 15) is 9.59 Å². The van der Waals surface area contributed by atoms with Gasteiger partial charge in [0, 0.05) is 35.6 Å². The lowest BCUT2D eigenvalue weighted by Gasteiger charge is -2.33. The van der Waals surface area contributed by atoms with Gasteiger partial charge in [-0.2, -0.15) is 0 Å². The lowest BCUT2D eigenvalue weighted by Crippen LogP contribution is -2.44. The summed E-state index contributed by atoms with van der Waals surface area (Å²) < 4.78 is 11.8. The minimum absolute atomic E-state index is 0.00361. The zero-order chi connectivity index (χ0) is 23.2. The Labute approximate surface area is 199 Å². The van der Waals surface area contributed by atoms with Gasteiger partial charge in [0.2, 0.25) is 0 Å². The first-order valence-corrected chi connectivity index (χ1v) is 11.9. The Hall–Kier alpha value is -1.76. The number of piperidine rings is 1. The van der Waals surface area contributed by atoms with E-state index >= 15 is 0 Å². The van der Waals surface area contributed by atoms with Crippen LogP contribution in [0, 0.1) is 11.8 Å². The van der Waals surface area contributed by atoms with Crippen LogP contribution in [0.15, 0.2) is 23.8 Å². The molecule has 1 aromatic rings. The summed E-state index contributed by atoms with van der Waals surface area (Å²) in [4.78, 5) is 27.3. The van der Waals surface area contributed by atoms with Gasteiger partial charge >= 0.3 is 6.09 Å². The first-order valence-electron chi connectivity index (χ1n) is 11.1. The van der Waals surface area contributed by atoms with Crippen molar-refractivity contribution >= 4 is 40.8 Å². The maximum atomic E-state index is 13.0. The number of ketones is 1. The van der Waals surface area contributed by atoms with E-state index in [-0.39, 0.29) is 48.2 Å². The van der Waals surface area contributed by atoms with Gasteiger partial charge < -0.3 is 20.1 Å². The van der Waals surface area contributed by atoms with Crippen LogP contribution < -0.4 is 5.73 Å². The van der Waals surface area contributed by atoms with Gasteiger partial charge in [0.25, 0.3) is 0 Å². The molecular weight excluding hydrogens is 451 g/mol. The molecule has 2 bridgehead atoms. The highest BCUT2D eigenvalue weighted by atomic mass is 35.5. The normalized spacial score (nSPS) is 25.7. The van der Waals surface area contributed by atoms with Gasteiger partial charge in [-0.05, 0) is 58.6 Å². The van der Waals surface area contributed by atoms with E-state index in [4.69, 9.17) is 38.4 Å². The van der Waals surface area contributed by atoms with Crippen molar-refractivity contribution in [2.24, 2.45) is 17.6 Å². The Bertz CT molecular complexity index is 932. The molecule has 8 heteroatoms. The number of carbonyl (C=O) groups excluding carboxylic acids is 2. The summed E-state index contributed by atoms with van der Waals surface area (Å²) in [6.45, 7) is 6.32. The molecule has 4 rings (SSSR count). The van der Waals surface area contributed by atoms with Crippen LogP contribution in [-0.2, 0) is 14.3 Å². The Morgan fingerprint density at radius 3 is 2.34 bits per heavy atom. The van der Waals surface area contributed by atoms with Crippen LogP contribution in [0.25, 0.3) is 5.70 Å². The van der Waals surface area contributed by atoms with Crippen molar-refractivity contribution in [2.45, 2.75) is 64.2 Å². The average Bonchev–Trinajstić information content (AvgIpc) is 3.36. The molecule has 32 heavy (non-hydrogen) atoms. The monoisotopic (exact) mass is 480 g/mol. The van der Waals surface area contributed by atoms with Crippen LogP contribution in [0.1, 0.15) is 52.0 Å². The fraction of sp³-hybridized carbons (Fsp3) is 0.583. The molecule has 0 aromatic heterocycles. The Morgan fingerprint density at radius 1 is 1.16 bits per heavy atom. The number of fused-ring (bicyclic) bond motifs is 2. The number of hydrogen-bond acceptors (Lipinski definition) is 5. The number of benzene rings is 1. The Morgan fingerprint density at radius 2 is 1.81 bits per heavy atom. The standard InChI is InChI=1S/C24H30Cl2N2O4/c1-24(2,3)32-23(30)28-11-14-9-15(28)10-19(14)31-12-16(22(29)13-7-8-13)21(27)20-17(25)5-4-6-18(20)26/h4-6,13-15,19H,7-12,27H2,1-3H3. The van der Waals surface area contributed by atoms with Crippen molar-refractivity contribution in [1.29, 1.82) is 0 Å². The molecule has 2 aliphatic carbocycles. The lowest BCUT2D eigenvalue weighted by atomic mass is 10.0. The van der Waals surface area contributed by atoms with Gasteiger partial charge in [-0.3, -0.25) is 4.79 Å². The van der Waals surface area contributed by atoms with Gasteiger partial charge in [-0.1, -0.05) is 29.3 Å². The molecule has 1 saturated heterocycles. The Balaban J connectivity index is 1.46. The van der Waals surface area contributed by atoms with E-state index < -0.39 is 5.60 Å². The molecule has 6 nitrogen and oxygen atoms in total. The molecule has 174 valence electrons. The molecule has 1 aromatic carbocycles. The first-order chi connectivity index (χ1) is 15.0. The summed E-state index contributed by atoms with van der Waals surface area (Å²) in [5.41, 5.74) is 7.12. The van der Waals surface area contributed by atoms with E-state index in [1.54, 1.807) is 23.1 Å². The van der Waals surface area contributed by atoms with Gasteiger partial charge in [0.15, 0.2) is 5.78 Å². The molecule has 3 fully saturated rings. The van der Waals surface area contributed by atoms with Crippen LogP contribution in [0.4, 0.5) is 4.79 Å².